The number of carbonyl (C=O) groups is 2. The summed E-state index contributed by atoms with van der Waals surface area (Å²) in [6, 6.07) is 12.6. The SMILES string of the molecule is COc1cc(CN2CCn3nc(C(=O)NCc4ccccn4)cc3C2=O)cc(OC)c1. The van der Waals surface area contributed by atoms with Gasteiger partial charge in [-0.15, -0.1) is 0 Å². The van der Waals surface area contributed by atoms with Crippen molar-refractivity contribution in [3.63, 3.8) is 0 Å². The molecule has 0 saturated carbocycles. The van der Waals surface area contributed by atoms with E-state index in [2.05, 4.69) is 15.4 Å². The molecule has 31 heavy (non-hydrogen) atoms. The lowest BCUT2D eigenvalue weighted by molar-refractivity contribution is 0.0682. The number of carbonyl (C=O) groups excluding carboxylic acids is 2. The highest BCUT2D eigenvalue weighted by Crippen LogP contribution is 2.25. The van der Waals surface area contributed by atoms with Crippen LogP contribution in [0.2, 0.25) is 0 Å². The zero-order valence-electron chi connectivity index (χ0n) is 17.4. The summed E-state index contributed by atoms with van der Waals surface area (Å²) in [6.07, 6.45) is 1.67. The summed E-state index contributed by atoms with van der Waals surface area (Å²) in [5.41, 5.74) is 2.25. The summed E-state index contributed by atoms with van der Waals surface area (Å²) in [7, 11) is 3.17. The first-order valence-electron chi connectivity index (χ1n) is 9.84. The Hall–Kier alpha value is -3.88. The van der Waals surface area contributed by atoms with Gasteiger partial charge in [0, 0.05) is 31.4 Å². The number of ether oxygens (including phenoxy) is 2. The van der Waals surface area contributed by atoms with E-state index in [1.165, 1.54) is 6.07 Å². The van der Waals surface area contributed by atoms with Gasteiger partial charge >= 0.3 is 0 Å². The Bertz CT molecular complexity index is 1070. The molecule has 1 aliphatic heterocycles. The highest BCUT2D eigenvalue weighted by Gasteiger charge is 2.28. The van der Waals surface area contributed by atoms with Crippen LogP contribution < -0.4 is 14.8 Å². The molecule has 2 amide bonds. The van der Waals surface area contributed by atoms with Crippen molar-refractivity contribution in [1.82, 2.24) is 25.0 Å². The Morgan fingerprint density at radius 3 is 2.55 bits per heavy atom. The molecule has 3 aromatic rings. The molecule has 0 radical (unpaired) electrons. The maximum Gasteiger partial charge on any atom is 0.272 e. The first-order valence-corrected chi connectivity index (χ1v) is 9.84. The van der Waals surface area contributed by atoms with Gasteiger partial charge in [-0.1, -0.05) is 6.07 Å². The van der Waals surface area contributed by atoms with E-state index < -0.39 is 0 Å². The number of fused-ring (bicyclic) bond motifs is 1. The van der Waals surface area contributed by atoms with Crippen molar-refractivity contribution in [2.75, 3.05) is 20.8 Å². The third-order valence-corrected chi connectivity index (χ3v) is 5.04. The van der Waals surface area contributed by atoms with Crippen molar-refractivity contribution in [2.24, 2.45) is 0 Å². The predicted molar refractivity (Wildman–Crippen MR) is 112 cm³/mol. The van der Waals surface area contributed by atoms with Crippen LogP contribution in [0.4, 0.5) is 0 Å². The minimum Gasteiger partial charge on any atom is -0.497 e. The Morgan fingerprint density at radius 2 is 1.87 bits per heavy atom. The molecule has 1 N–H and O–H groups in total. The third kappa shape index (κ3) is 4.50. The molecular weight excluding hydrogens is 398 g/mol. The Kier molecular flexibility index (Phi) is 5.83. The molecule has 160 valence electrons. The first kappa shape index (κ1) is 20.4. The molecule has 0 bridgehead atoms. The number of amides is 2. The van der Waals surface area contributed by atoms with Gasteiger partial charge in [-0.2, -0.15) is 5.10 Å². The molecule has 0 aliphatic carbocycles. The smallest absolute Gasteiger partial charge is 0.272 e. The van der Waals surface area contributed by atoms with Gasteiger partial charge in [0.05, 0.1) is 33.0 Å². The molecule has 0 spiro atoms. The van der Waals surface area contributed by atoms with Crippen LogP contribution in [0.3, 0.4) is 0 Å². The van der Waals surface area contributed by atoms with E-state index in [1.54, 1.807) is 36.1 Å². The summed E-state index contributed by atoms with van der Waals surface area (Å²) >= 11 is 0. The van der Waals surface area contributed by atoms with Crippen LogP contribution in [0.15, 0.2) is 48.7 Å². The second-order valence-corrected chi connectivity index (χ2v) is 7.09. The predicted octanol–water partition coefficient (Wildman–Crippen LogP) is 1.88. The number of hydrogen-bond donors (Lipinski definition) is 1. The largest absolute Gasteiger partial charge is 0.497 e. The summed E-state index contributed by atoms with van der Waals surface area (Å²) in [6.45, 7) is 1.69. The number of rotatable bonds is 7. The van der Waals surface area contributed by atoms with Gasteiger partial charge in [-0.3, -0.25) is 19.3 Å². The van der Waals surface area contributed by atoms with Crippen molar-refractivity contribution >= 4 is 11.8 Å². The van der Waals surface area contributed by atoms with Crippen LogP contribution in [0.1, 0.15) is 32.2 Å². The summed E-state index contributed by atoms with van der Waals surface area (Å²) in [4.78, 5) is 31.4. The molecule has 0 atom stereocenters. The summed E-state index contributed by atoms with van der Waals surface area (Å²) in [5.74, 6) is 0.806. The zero-order chi connectivity index (χ0) is 21.8. The fourth-order valence-corrected chi connectivity index (χ4v) is 3.44. The monoisotopic (exact) mass is 421 g/mol. The van der Waals surface area contributed by atoms with Gasteiger partial charge < -0.3 is 19.7 Å². The topological polar surface area (TPSA) is 98.6 Å². The van der Waals surface area contributed by atoms with Gasteiger partial charge in [0.2, 0.25) is 0 Å². The number of nitrogens with zero attached hydrogens (tertiary/aromatic N) is 4. The van der Waals surface area contributed by atoms with Crippen LogP contribution in [0, 0.1) is 0 Å². The molecule has 4 rings (SSSR count). The fraction of sp³-hybridized carbons (Fsp3) is 0.273. The van der Waals surface area contributed by atoms with E-state index in [0.29, 0.717) is 43.4 Å². The zero-order valence-corrected chi connectivity index (χ0v) is 17.4. The molecule has 9 nitrogen and oxygen atoms in total. The van der Waals surface area contributed by atoms with Crippen molar-refractivity contribution in [1.29, 1.82) is 0 Å². The van der Waals surface area contributed by atoms with E-state index in [0.717, 1.165) is 11.3 Å². The fourth-order valence-electron chi connectivity index (χ4n) is 3.44. The summed E-state index contributed by atoms with van der Waals surface area (Å²) in [5, 5.41) is 7.09. The molecule has 1 aliphatic rings. The van der Waals surface area contributed by atoms with Gasteiger partial charge in [-0.25, -0.2) is 0 Å². The normalized spacial score (nSPS) is 13.0. The van der Waals surface area contributed by atoms with Crippen molar-refractivity contribution in [3.8, 4) is 11.5 Å². The van der Waals surface area contributed by atoms with E-state index in [4.69, 9.17) is 9.47 Å². The van der Waals surface area contributed by atoms with E-state index >= 15 is 0 Å². The van der Waals surface area contributed by atoms with Crippen molar-refractivity contribution < 1.29 is 19.1 Å². The van der Waals surface area contributed by atoms with Crippen LogP contribution >= 0.6 is 0 Å². The van der Waals surface area contributed by atoms with Gasteiger partial charge in [0.25, 0.3) is 11.8 Å². The lowest BCUT2D eigenvalue weighted by Crippen LogP contribution is -2.39. The van der Waals surface area contributed by atoms with E-state index in [-0.39, 0.29) is 17.5 Å². The van der Waals surface area contributed by atoms with Gasteiger partial charge in [0.1, 0.15) is 17.2 Å². The highest BCUT2D eigenvalue weighted by molar-refractivity contribution is 5.98. The second-order valence-electron chi connectivity index (χ2n) is 7.09. The highest BCUT2D eigenvalue weighted by atomic mass is 16.5. The summed E-state index contributed by atoms with van der Waals surface area (Å²) < 4.78 is 12.2. The number of aromatic nitrogens is 3. The first-order chi connectivity index (χ1) is 15.1. The molecule has 2 aromatic heterocycles. The maximum atomic E-state index is 13.0. The molecule has 0 saturated heterocycles. The number of hydrogen-bond acceptors (Lipinski definition) is 6. The minimum atomic E-state index is -0.343. The third-order valence-electron chi connectivity index (χ3n) is 5.04. The number of methoxy groups -OCH3 is 2. The Morgan fingerprint density at radius 1 is 1.10 bits per heavy atom. The molecule has 9 heteroatoms. The molecule has 0 unspecified atom stereocenters. The molecule has 1 aromatic carbocycles. The Labute approximate surface area is 179 Å². The molecular formula is C22H23N5O4. The van der Waals surface area contributed by atoms with E-state index in [1.807, 2.05) is 30.3 Å². The van der Waals surface area contributed by atoms with Crippen LogP contribution in [-0.2, 0) is 19.6 Å². The van der Waals surface area contributed by atoms with E-state index in [9.17, 15) is 9.59 Å². The molecule has 0 fully saturated rings. The minimum absolute atomic E-state index is 0.177. The molecule has 3 heterocycles. The lowest BCUT2D eigenvalue weighted by atomic mass is 10.1. The number of pyridine rings is 1. The van der Waals surface area contributed by atoms with Crippen LogP contribution in [-0.4, -0.2) is 52.2 Å². The van der Waals surface area contributed by atoms with Crippen LogP contribution in [0.25, 0.3) is 0 Å². The van der Waals surface area contributed by atoms with Gasteiger partial charge in [-0.05, 0) is 29.8 Å². The number of nitrogens with one attached hydrogen (secondary N) is 1. The standard InChI is InChI=1S/C22H23N5O4/c1-30-17-9-15(10-18(11-17)31-2)14-26-7-8-27-20(22(26)29)12-19(25-27)21(28)24-13-16-5-3-4-6-23-16/h3-6,9-12H,7-8,13-14H2,1-2H3,(H,24,28). The maximum absolute atomic E-state index is 13.0. The lowest BCUT2D eigenvalue weighted by Gasteiger charge is -2.27. The Balaban J connectivity index is 1.46. The van der Waals surface area contributed by atoms with Gasteiger partial charge in [0.15, 0.2) is 5.69 Å². The number of benzene rings is 1. The average Bonchev–Trinajstić information content (AvgIpc) is 3.25. The van der Waals surface area contributed by atoms with Crippen LogP contribution in [0.5, 0.6) is 11.5 Å². The van der Waals surface area contributed by atoms with Crippen molar-refractivity contribution in [3.05, 3.63) is 71.3 Å². The average molecular weight is 421 g/mol. The second kappa shape index (κ2) is 8.86. The van der Waals surface area contributed by atoms with Crippen molar-refractivity contribution in [2.45, 2.75) is 19.6 Å². The quantitative estimate of drug-likeness (QED) is 0.626.